The predicted octanol–water partition coefficient (Wildman–Crippen LogP) is -0.730. The van der Waals surface area contributed by atoms with Gasteiger partial charge < -0.3 is 15.7 Å². The van der Waals surface area contributed by atoms with Crippen LogP contribution in [0.2, 0.25) is 0 Å². The molecule has 3 N–H and O–H groups in total. The minimum absolute atomic E-state index is 0.0376. The molecule has 0 aliphatic heterocycles. The summed E-state index contributed by atoms with van der Waals surface area (Å²) in [6.07, 6.45) is 0. The van der Waals surface area contributed by atoms with Gasteiger partial charge in [0.1, 0.15) is 0 Å². The van der Waals surface area contributed by atoms with Crippen molar-refractivity contribution in [3.63, 3.8) is 0 Å². The van der Waals surface area contributed by atoms with Gasteiger partial charge in [-0.15, -0.1) is 0 Å². The Hall–Kier alpha value is -1.85. The van der Waals surface area contributed by atoms with Crippen LogP contribution >= 0.6 is 0 Å². The number of hydrogen-bond donors (Lipinski definition) is 3. The molecular weight excluding hydrogens is 200 g/mol. The van der Waals surface area contributed by atoms with Gasteiger partial charge in [0, 0.05) is 18.2 Å². The lowest BCUT2D eigenvalue weighted by atomic mass is 10.1. The fourth-order valence-corrected chi connectivity index (χ4v) is 0.712. The predicted molar refractivity (Wildman–Crippen MR) is 53.1 cm³/mol. The summed E-state index contributed by atoms with van der Waals surface area (Å²) in [6, 6.07) is 0. The van der Waals surface area contributed by atoms with Gasteiger partial charge in [0.05, 0.1) is 6.54 Å². The Morgan fingerprint density at radius 2 is 1.67 bits per heavy atom. The number of carbonyl (C=O) groups is 3. The van der Waals surface area contributed by atoms with Gasteiger partial charge in [0.15, 0.2) is 0 Å². The first-order valence-corrected chi connectivity index (χ1v) is 4.29. The Balaban J connectivity index is 4.41. The van der Waals surface area contributed by atoms with Crippen molar-refractivity contribution in [2.75, 3.05) is 13.6 Å². The maximum Gasteiger partial charge on any atom is 0.331 e. The quantitative estimate of drug-likeness (QED) is 0.537. The molecule has 0 rings (SSSR count). The average Bonchev–Trinajstić information content (AvgIpc) is 2.22. The molecule has 6 heteroatoms. The molecule has 0 heterocycles. The fourth-order valence-electron chi connectivity index (χ4n) is 0.712. The van der Waals surface area contributed by atoms with Gasteiger partial charge in [-0.1, -0.05) is 0 Å². The summed E-state index contributed by atoms with van der Waals surface area (Å²) in [7, 11) is 1.44. The molecule has 0 atom stereocenters. The Bertz CT molecular complexity index is 320. The van der Waals surface area contributed by atoms with Crippen LogP contribution in [0.5, 0.6) is 0 Å². The summed E-state index contributed by atoms with van der Waals surface area (Å²) in [6.45, 7) is 2.55. The first-order valence-electron chi connectivity index (χ1n) is 4.29. The number of carboxylic acid groups (broad SMARTS) is 1. The zero-order valence-corrected chi connectivity index (χ0v) is 8.88. The van der Waals surface area contributed by atoms with Crippen molar-refractivity contribution in [1.29, 1.82) is 0 Å². The second kappa shape index (κ2) is 5.79. The van der Waals surface area contributed by atoms with Gasteiger partial charge in [0.25, 0.3) is 0 Å². The number of carbonyl (C=O) groups excluding carboxylic acids is 2. The van der Waals surface area contributed by atoms with E-state index < -0.39 is 11.9 Å². The molecule has 0 saturated carbocycles. The molecule has 15 heavy (non-hydrogen) atoms. The van der Waals surface area contributed by atoms with Gasteiger partial charge >= 0.3 is 5.97 Å². The molecule has 2 amide bonds. The van der Waals surface area contributed by atoms with E-state index in [0.717, 1.165) is 0 Å². The first-order chi connectivity index (χ1) is 6.90. The molecule has 0 fully saturated rings. The largest absolute Gasteiger partial charge is 0.478 e. The van der Waals surface area contributed by atoms with Crippen molar-refractivity contribution in [1.82, 2.24) is 10.6 Å². The number of aliphatic carboxylic acids is 1. The third-order valence-corrected chi connectivity index (χ3v) is 1.91. The number of hydrogen-bond acceptors (Lipinski definition) is 3. The van der Waals surface area contributed by atoms with Crippen LogP contribution in [0.1, 0.15) is 13.8 Å². The van der Waals surface area contributed by atoms with Crippen LogP contribution in [0, 0.1) is 0 Å². The normalized spacial score (nSPS) is 11.4. The Morgan fingerprint density at radius 1 is 1.13 bits per heavy atom. The van der Waals surface area contributed by atoms with Gasteiger partial charge in [-0.25, -0.2) is 4.79 Å². The summed E-state index contributed by atoms with van der Waals surface area (Å²) >= 11 is 0. The average molecular weight is 214 g/mol. The maximum atomic E-state index is 11.3. The molecule has 0 aromatic carbocycles. The van der Waals surface area contributed by atoms with Crippen LogP contribution in [0.25, 0.3) is 0 Å². The Kier molecular flexibility index (Phi) is 5.08. The molecule has 0 saturated heterocycles. The first kappa shape index (κ1) is 13.2. The molecular formula is C9H14N2O4. The van der Waals surface area contributed by atoms with Crippen molar-refractivity contribution >= 4 is 17.8 Å². The van der Waals surface area contributed by atoms with Crippen LogP contribution in [-0.2, 0) is 14.4 Å². The zero-order valence-electron chi connectivity index (χ0n) is 8.88. The fraction of sp³-hybridized carbons (Fsp3) is 0.444. The lowest BCUT2D eigenvalue weighted by molar-refractivity contribution is -0.133. The number of carboxylic acids is 1. The zero-order chi connectivity index (χ0) is 12.0. The van der Waals surface area contributed by atoms with E-state index in [-0.39, 0.29) is 23.6 Å². The van der Waals surface area contributed by atoms with Gasteiger partial charge in [-0.3, -0.25) is 9.59 Å². The van der Waals surface area contributed by atoms with E-state index in [1.54, 1.807) is 0 Å². The summed E-state index contributed by atoms with van der Waals surface area (Å²) < 4.78 is 0. The SMILES string of the molecule is CNC(=O)CNC(=O)C(C)=C(C)C(=O)O. The molecule has 0 unspecified atom stereocenters. The number of nitrogens with one attached hydrogen (secondary N) is 2. The minimum atomic E-state index is -1.15. The lowest BCUT2D eigenvalue weighted by Crippen LogP contribution is -2.35. The molecule has 0 bridgehead atoms. The second-order valence-electron chi connectivity index (χ2n) is 2.91. The van der Waals surface area contributed by atoms with Crippen LogP contribution < -0.4 is 10.6 Å². The summed E-state index contributed by atoms with van der Waals surface area (Å²) in [5.74, 6) is -2.05. The highest BCUT2D eigenvalue weighted by atomic mass is 16.4. The van der Waals surface area contributed by atoms with E-state index in [0.29, 0.717) is 0 Å². The minimum Gasteiger partial charge on any atom is -0.478 e. The van der Waals surface area contributed by atoms with E-state index in [9.17, 15) is 14.4 Å². The number of likely N-dealkylation sites (N-methyl/N-ethyl adjacent to an activating group) is 1. The highest BCUT2D eigenvalue weighted by Crippen LogP contribution is 2.02. The summed E-state index contributed by atoms with van der Waals surface area (Å²) in [5.41, 5.74) is 0.0517. The molecule has 84 valence electrons. The standard InChI is InChI=1S/C9H14N2O4/c1-5(6(2)9(14)15)8(13)11-4-7(12)10-3/h4H2,1-3H3,(H,10,12)(H,11,13)(H,14,15). The summed E-state index contributed by atoms with van der Waals surface area (Å²) in [4.78, 5) is 32.6. The molecule has 0 aromatic heterocycles. The van der Waals surface area contributed by atoms with E-state index in [2.05, 4.69) is 10.6 Å². The Morgan fingerprint density at radius 3 is 2.07 bits per heavy atom. The highest BCUT2D eigenvalue weighted by molar-refractivity contribution is 6.02. The monoisotopic (exact) mass is 214 g/mol. The number of rotatable bonds is 4. The van der Waals surface area contributed by atoms with Crippen LogP contribution in [-0.4, -0.2) is 36.5 Å². The van der Waals surface area contributed by atoms with E-state index in [1.165, 1.54) is 20.9 Å². The van der Waals surface area contributed by atoms with E-state index >= 15 is 0 Å². The van der Waals surface area contributed by atoms with Crippen molar-refractivity contribution in [3.05, 3.63) is 11.1 Å². The van der Waals surface area contributed by atoms with Crippen molar-refractivity contribution < 1.29 is 19.5 Å². The third-order valence-electron chi connectivity index (χ3n) is 1.91. The van der Waals surface area contributed by atoms with Gasteiger partial charge in [-0.05, 0) is 13.8 Å². The van der Waals surface area contributed by atoms with Crippen LogP contribution in [0.15, 0.2) is 11.1 Å². The molecule has 0 aliphatic rings. The smallest absolute Gasteiger partial charge is 0.331 e. The maximum absolute atomic E-state index is 11.3. The van der Waals surface area contributed by atoms with Crippen molar-refractivity contribution in [2.45, 2.75) is 13.8 Å². The van der Waals surface area contributed by atoms with E-state index in [4.69, 9.17) is 5.11 Å². The molecule has 0 aliphatic carbocycles. The second-order valence-corrected chi connectivity index (χ2v) is 2.91. The van der Waals surface area contributed by atoms with Crippen molar-refractivity contribution in [3.8, 4) is 0 Å². The van der Waals surface area contributed by atoms with E-state index in [1.807, 2.05) is 0 Å². The number of amides is 2. The summed E-state index contributed by atoms with van der Waals surface area (Å²) in [5, 5.41) is 13.2. The van der Waals surface area contributed by atoms with Crippen LogP contribution in [0.4, 0.5) is 0 Å². The Labute approximate surface area is 87.3 Å². The van der Waals surface area contributed by atoms with Gasteiger partial charge in [-0.2, -0.15) is 0 Å². The van der Waals surface area contributed by atoms with Crippen molar-refractivity contribution in [2.24, 2.45) is 0 Å². The third kappa shape index (κ3) is 4.26. The van der Waals surface area contributed by atoms with Crippen LogP contribution in [0.3, 0.4) is 0 Å². The molecule has 0 radical (unpaired) electrons. The topological polar surface area (TPSA) is 95.5 Å². The molecule has 6 nitrogen and oxygen atoms in total. The highest BCUT2D eigenvalue weighted by Gasteiger charge is 2.12. The molecule has 0 aromatic rings. The van der Waals surface area contributed by atoms with Gasteiger partial charge in [0.2, 0.25) is 11.8 Å². The lowest BCUT2D eigenvalue weighted by Gasteiger charge is -2.05. The molecule has 0 spiro atoms.